The Balaban J connectivity index is 2.48. The predicted octanol–water partition coefficient (Wildman–Crippen LogP) is 1.80. The Labute approximate surface area is 97.0 Å². The van der Waals surface area contributed by atoms with Crippen LogP contribution < -0.4 is 5.73 Å². The summed E-state index contributed by atoms with van der Waals surface area (Å²) < 4.78 is 39.8. The van der Waals surface area contributed by atoms with Crippen molar-refractivity contribution in [3.05, 3.63) is 17.1 Å². The van der Waals surface area contributed by atoms with Gasteiger partial charge in [-0.05, 0) is 13.8 Å². The number of hydrogen-bond donors (Lipinski definition) is 1. The molecule has 0 aromatic carbocycles. The number of nitrogen functional groups attached to an aromatic ring is 1. The molecule has 1 rings (SSSR count). The van der Waals surface area contributed by atoms with E-state index in [-0.39, 0.29) is 13.0 Å². The topological polar surface area (TPSA) is 61.0 Å². The highest BCUT2D eigenvalue weighted by molar-refractivity contribution is 5.40. The zero-order valence-corrected chi connectivity index (χ0v) is 9.64. The van der Waals surface area contributed by atoms with Crippen LogP contribution in [0, 0.1) is 13.8 Å². The van der Waals surface area contributed by atoms with Crippen LogP contribution in [0.3, 0.4) is 0 Å². The van der Waals surface area contributed by atoms with Crippen LogP contribution in [0.4, 0.5) is 19.0 Å². The van der Waals surface area contributed by atoms with Crippen molar-refractivity contribution in [2.75, 3.05) is 18.9 Å². The lowest BCUT2D eigenvalue weighted by molar-refractivity contribution is -0.173. The van der Waals surface area contributed by atoms with E-state index >= 15 is 0 Å². The molecule has 1 heterocycles. The Bertz CT molecular complexity index is 370. The summed E-state index contributed by atoms with van der Waals surface area (Å²) in [5.74, 6) is 0.746. The number of alkyl halides is 3. The number of hydrogen-bond acceptors (Lipinski definition) is 4. The smallest absolute Gasteiger partial charge is 0.383 e. The molecule has 2 N–H and O–H groups in total. The molecule has 96 valence electrons. The lowest BCUT2D eigenvalue weighted by Gasteiger charge is -2.08. The van der Waals surface area contributed by atoms with Gasteiger partial charge in [-0.25, -0.2) is 9.97 Å². The zero-order valence-electron chi connectivity index (χ0n) is 9.64. The van der Waals surface area contributed by atoms with Crippen molar-refractivity contribution >= 4 is 5.82 Å². The first-order valence-corrected chi connectivity index (χ1v) is 5.03. The number of nitrogens with zero attached hydrogens (tertiary/aromatic N) is 2. The molecule has 0 aliphatic rings. The Morgan fingerprint density at radius 3 is 2.41 bits per heavy atom. The van der Waals surface area contributed by atoms with Gasteiger partial charge in [0, 0.05) is 17.7 Å². The van der Waals surface area contributed by atoms with E-state index in [0.29, 0.717) is 11.6 Å². The van der Waals surface area contributed by atoms with Gasteiger partial charge in [-0.15, -0.1) is 0 Å². The summed E-state index contributed by atoms with van der Waals surface area (Å²) in [6.45, 7) is 2.22. The minimum Gasteiger partial charge on any atom is -0.383 e. The maximum Gasteiger partial charge on any atom is 0.411 e. The molecular weight excluding hydrogens is 235 g/mol. The van der Waals surface area contributed by atoms with Gasteiger partial charge in [0.1, 0.15) is 18.2 Å². The van der Waals surface area contributed by atoms with E-state index in [1.165, 1.54) is 0 Å². The van der Waals surface area contributed by atoms with Crippen molar-refractivity contribution in [2.24, 2.45) is 0 Å². The molecule has 0 aliphatic heterocycles. The molecule has 0 spiro atoms. The van der Waals surface area contributed by atoms with Gasteiger partial charge in [0.05, 0.1) is 6.61 Å². The predicted molar refractivity (Wildman–Crippen MR) is 56.5 cm³/mol. The first kappa shape index (κ1) is 13.7. The molecule has 0 unspecified atom stereocenters. The highest BCUT2D eigenvalue weighted by Crippen LogP contribution is 2.15. The minimum atomic E-state index is -4.30. The Morgan fingerprint density at radius 1 is 1.24 bits per heavy atom. The lowest BCUT2D eigenvalue weighted by Crippen LogP contribution is -2.18. The number of aromatic nitrogens is 2. The molecule has 0 saturated heterocycles. The Kier molecular flexibility index (Phi) is 4.28. The van der Waals surface area contributed by atoms with Gasteiger partial charge in [0.2, 0.25) is 0 Å². The van der Waals surface area contributed by atoms with Gasteiger partial charge < -0.3 is 10.5 Å². The SMILES string of the molecule is Cc1nc(CCOCC(F)(F)F)nc(N)c1C. The van der Waals surface area contributed by atoms with Crippen molar-refractivity contribution in [1.82, 2.24) is 9.97 Å². The Morgan fingerprint density at radius 2 is 1.88 bits per heavy atom. The van der Waals surface area contributed by atoms with Gasteiger partial charge >= 0.3 is 6.18 Å². The molecular formula is C10H14F3N3O. The van der Waals surface area contributed by atoms with Gasteiger partial charge in [-0.3, -0.25) is 0 Å². The molecule has 0 atom stereocenters. The van der Waals surface area contributed by atoms with Crippen LogP contribution in [0.5, 0.6) is 0 Å². The number of anilines is 1. The van der Waals surface area contributed by atoms with Crippen molar-refractivity contribution in [2.45, 2.75) is 26.4 Å². The summed E-state index contributed by atoms with van der Waals surface area (Å²) >= 11 is 0. The fourth-order valence-corrected chi connectivity index (χ4v) is 1.17. The largest absolute Gasteiger partial charge is 0.411 e. The molecule has 0 saturated carbocycles. The van der Waals surface area contributed by atoms with E-state index in [1.807, 2.05) is 0 Å². The van der Waals surface area contributed by atoms with Crippen LogP contribution >= 0.6 is 0 Å². The second-order valence-electron chi connectivity index (χ2n) is 3.65. The first-order chi connectivity index (χ1) is 7.79. The molecule has 0 bridgehead atoms. The summed E-state index contributed by atoms with van der Waals surface area (Å²) in [6.07, 6.45) is -4.09. The maximum absolute atomic E-state index is 11.8. The lowest BCUT2D eigenvalue weighted by atomic mass is 10.2. The van der Waals surface area contributed by atoms with Crippen molar-refractivity contribution in [3.8, 4) is 0 Å². The van der Waals surface area contributed by atoms with E-state index in [4.69, 9.17) is 5.73 Å². The summed E-state index contributed by atoms with van der Waals surface area (Å²) in [7, 11) is 0. The van der Waals surface area contributed by atoms with Crippen LogP contribution in [-0.4, -0.2) is 29.4 Å². The highest BCUT2D eigenvalue weighted by Gasteiger charge is 2.27. The van der Waals surface area contributed by atoms with Gasteiger partial charge in [-0.1, -0.05) is 0 Å². The van der Waals surface area contributed by atoms with Crippen LogP contribution in [0.25, 0.3) is 0 Å². The molecule has 17 heavy (non-hydrogen) atoms. The molecule has 4 nitrogen and oxygen atoms in total. The number of halogens is 3. The van der Waals surface area contributed by atoms with Gasteiger partial charge in [0.15, 0.2) is 0 Å². The summed E-state index contributed by atoms with van der Waals surface area (Å²) in [5.41, 5.74) is 7.13. The van der Waals surface area contributed by atoms with Crippen molar-refractivity contribution < 1.29 is 17.9 Å². The van der Waals surface area contributed by atoms with Crippen LogP contribution in [0.1, 0.15) is 17.1 Å². The fraction of sp³-hybridized carbons (Fsp3) is 0.600. The van der Waals surface area contributed by atoms with Crippen LogP contribution in [0.2, 0.25) is 0 Å². The summed E-state index contributed by atoms with van der Waals surface area (Å²) in [5, 5.41) is 0. The maximum atomic E-state index is 11.8. The average molecular weight is 249 g/mol. The third-order valence-corrected chi connectivity index (χ3v) is 2.21. The van der Waals surface area contributed by atoms with E-state index in [0.717, 1.165) is 11.3 Å². The van der Waals surface area contributed by atoms with Crippen molar-refractivity contribution in [1.29, 1.82) is 0 Å². The third-order valence-electron chi connectivity index (χ3n) is 2.21. The average Bonchev–Trinajstić information content (AvgIpc) is 2.19. The molecule has 0 fully saturated rings. The first-order valence-electron chi connectivity index (χ1n) is 5.03. The van der Waals surface area contributed by atoms with E-state index < -0.39 is 12.8 Å². The van der Waals surface area contributed by atoms with Gasteiger partial charge in [0.25, 0.3) is 0 Å². The third kappa shape index (κ3) is 4.56. The number of rotatable bonds is 4. The monoisotopic (exact) mass is 249 g/mol. The standard InChI is InChI=1S/C10H14F3N3O/c1-6-7(2)15-8(16-9(6)14)3-4-17-5-10(11,12)13/h3-5H2,1-2H3,(H2,14,15,16). The number of aryl methyl sites for hydroxylation is 1. The molecule has 1 aromatic heterocycles. The van der Waals surface area contributed by atoms with E-state index in [1.54, 1.807) is 13.8 Å². The normalized spacial score (nSPS) is 11.8. The Hall–Kier alpha value is -1.37. The second kappa shape index (κ2) is 5.31. The van der Waals surface area contributed by atoms with Crippen LogP contribution in [0.15, 0.2) is 0 Å². The molecule has 7 heteroatoms. The second-order valence-corrected chi connectivity index (χ2v) is 3.65. The molecule has 0 radical (unpaired) electrons. The molecule has 0 aliphatic carbocycles. The highest BCUT2D eigenvalue weighted by atomic mass is 19.4. The quantitative estimate of drug-likeness (QED) is 0.826. The number of ether oxygens (including phenoxy) is 1. The fourth-order valence-electron chi connectivity index (χ4n) is 1.17. The minimum absolute atomic E-state index is 0.0819. The molecule has 0 amide bonds. The van der Waals surface area contributed by atoms with E-state index in [9.17, 15) is 13.2 Å². The summed E-state index contributed by atoms with van der Waals surface area (Å²) in [4.78, 5) is 8.09. The van der Waals surface area contributed by atoms with Crippen LogP contribution in [-0.2, 0) is 11.2 Å². The van der Waals surface area contributed by atoms with E-state index in [2.05, 4.69) is 14.7 Å². The molecule has 1 aromatic rings. The number of nitrogens with two attached hydrogens (primary N) is 1. The zero-order chi connectivity index (χ0) is 13.1. The summed E-state index contributed by atoms with van der Waals surface area (Å²) in [6, 6.07) is 0. The van der Waals surface area contributed by atoms with Gasteiger partial charge in [-0.2, -0.15) is 13.2 Å². The van der Waals surface area contributed by atoms with Crippen molar-refractivity contribution in [3.63, 3.8) is 0 Å².